The van der Waals surface area contributed by atoms with Gasteiger partial charge in [-0.15, -0.1) is 0 Å². The number of carbonyl (C=O) groups is 1. The van der Waals surface area contributed by atoms with Crippen LogP contribution in [0.25, 0.3) is 17.0 Å². The Bertz CT molecular complexity index is 1130. The van der Waals surface area contributed by atoms with Gasteiger partial charge in [0.25, 0.3) is 11.8 Å². The lowest BCUT2D eigenvalue weighted by Crippen LogP contribution is -2.15. The predicted octanol–water partition coefficient (Wildman–Crippen LogP) is 3.00. The zero-order valence-electron chi connectivity index (χ0n) is 14.7. The number of rotatable bonds is 4. The zero-order valence-corrected chi connectivity index (χ0v) is 14.7. The zero-order chi connectivity index (χ0) is 19.0. The molecule has 1 atom stereocenters. The lowest BCUT2D eigenvalue weighted by atomic mass is 10.1. The molecule has 0 aliphatic heterocycles. The Morgan fingerprint density at radius 3 is 2.93 bits per heavy atom. The van der Waals surface area contributed by atoms with Gasteiger partial charge in [0.05, 0.1) is 6.20 Å². The number of hydrogen-bond acceptors (Lipinski definition) is 6. The number of aromatic nitrogens is 4. The average molecular weight is 363 g/mol. The third-order valence-electron chi connectivity index (χ3n) is 4.19. The molecule has 8 heteroatoms. The van der Waals surface area contributed by atoms with E-state index in [0.717, 1.165) is 5.56 Å². The van der Waals surface area contributed by atoms with Crippen LogP contribution in [-0.2, 0) is 0 Å². The summed E-state index contributed by atoms with van der Waals surface area (Å²) in [5.74, 6) is 0.213. The van der Waals surface area contributed by atoms with Crippen molar-refractivity contribution >= 4 is 17.2 Å². The molecule has 0 aliphatic carbocycles. The number of nitrogens with one attached hydrogen (secondary N) is 1. The molecule has 1 unspecified atom stereocenters. The number of aryl methyl sites for hydroxylation is 1. The highest BCUT2D eigenvalue weighted by atomic mass is 16.5. The van der Waals surface area contributed by atoms with E-state index in [4.69, 9.17) is 4.52 Å². The summed E-state index contributed by atoms with van der Waals surface area (Å²) in [5.41, 5.74) is 3.33. The van der Waals surface area contributed by atoms with Gasteiger partial charge >= 0.3 is 0 Å². The van der Waals surface area contributed by atoms with Crippen molar-refractivity contribution in [3.05, 3.63) is 65.9 Å². The molecule has 0 saturated heterocycles. The van der Waals surface area contributed by atoms with Crippen molar-refractivity contribution in [3.63, 3.8) is 0 Å². The van der Waals surface area contributed by atoms with Crippen molar-refractivity contribution in [2.24, 2.45) is 0 Å². The Morgan fingerprint density at radius 2 is 2.15 bits per heavy atom. The summed E-state index contributed by atoms with van der Waals surface area (Å²) < 4.78 is 6.75. The van der Waals surface area contributed by atoms with Crippen molar-refractivity contribution in [1.82, 2.24) is 19.5 Å². The van der Waals surface area contributed by atoms with Crippen molar-refractivity contribution in [2.45, 2.75) is 20.0 Å². The molecule has 4 aromatic rings. The van der Waals surface area contributed by atoms with Crippen molar-refractivity contribution < 1.29 is 14.4 Å². The molecule has 3 aromatic heterocycles. The number of pyridine rings is 1. The number of benzene rings is 1. The summed E-state index contributed by atoms with van der Waals surface area (Å²) in [6, 6.07) is 11.0. The van der Waals surface area contributed by atoms with E-state index in [1.54, 1.807) is 23.6 Å². The van der Waals surface area contributed by atoms with Crippen molar-refractivity contribution in [1.29, 1.82) is 0 Å². The smallest absolute Gasteiger partial charge is 0.274 e. The van der Waals surface area contributed by atoms with E-state index in [-0.39, 0.29) is 11.8 Å². The third-order valence-corrected chi connectivity index (χ3v) is 4.19. The van der Waals surface area contributed by atoms with E-state index in [0.29, 0.717) is 28.4 Å². The fourth-order valence-electron chi connectivity index (χ4n) is 2.70. The highest BCUT2D eigenvalue weighted by Crippen LogP contribution is 2.25. The first-order valence-electron chi connectivity index (χ1n) is 8.39. The van der Waals surface area contributed by atoms with E-state index in [9.17, 15) is 9.90 Å². The fourth-order valence-corrected chi connectivity index (χ4v) is 2.70. The Hall–Kier alpha value is -3.52. The molecular formula is C19H17N5O3. The molecule has 0 bridgehead atoms. The number of hydrogen-bond donors (Lipinski definition) is 2. The number of aliphatic hydroxyl groups excluding tert-OH is 1. The predicted molar refractivity (Wildman–Crippen MR) is 98.2 cm³/mol. The second-order valence-corrected chi connectivity index (χ2v) is 6.19. The molecule has 0 radical (unpaired) electrons. The summed E-state index contributed by atoms with van der Waals surface area (Å²) in [7, 11) is 0. The Balaban J connectivity index is 1.64. The van der Waals surface area contributed by atoms with Crippen LogP contribution in [0.4, 0.5) is 5.69 Å². The molecule has 136 valence electrons. The van der Waals surface area contributed by atoms with Gasteiger partial charge in [-0.25, -0.2) is 4.98 Å². The molecule has 0 fully saturated rings. The number of nitrogens with zero attached hydrogens (tertiary/aromatic N) is 4. The summed E-state index contributed by atoms with van der Waals surface area (Å²) in [6.45, 7) is 3.44. The van der Waals surface area contributed by atoms with Gasteiger partial charge in [-0.3, -0.25) is 9.20 Å². The van der Waals surface area contributed by atoms with E-state index in [1.165, 1.54) is 6.20 Å². The van der Waals surface area contributed by atoms with Crippen LogP contribution >= 0.6 is 0 Å². The summed E-state index contributed by atoms with van der Waals surface area (Å²) >= 11 is 0. The Morgan fingerprint density at radius 1 is 1.30 bits per heavy atom. The molecule has 8 nitrogen and oxygen atoms in total. The topological polar surface area (TPSA) is 106 Å². The summed E-state index contributed by atoms with van der Waals surface area (Å²) in [4.78, 5) is 21.1. The van der Waals surface area contributed by atoms with Gasteiger partial charge < -0.3 is 14.9 Å². The van der Waals surface area contributed by atoms with Crippen LogP contribution in [-0.4, -0.2) is 30.5 Å². The highest BCUT2D eigenvalue weighted by molar-refractivity contribution is 6.04. The van der Waals surface area contributed by atoms with Crippen LogP contribution in [0.1, 0.15) is 35.0 Å². The second-order valence-electron chi connectivity index (χ2n) is 6.19. The maximum atomic E-state index is 12.7. The number of anilines is 1. The molecule has 27 heavy (non-hydrogen) atoms. The molecule has 3 heterocycles. The molecule has 1 amide bonds. The second kappa shape index (κ2) is 6.65. The third kappa shape index (κ3) is 3.18. The standard InChI is InChI=1S/C19H17N5O3/c1-11-6-7-13(17-22-19(12(2)25)27-23-17)9-14(11)21-18(26)15-10-20-16-5-3-4-8-24(15)16/h3-10,12,25H,1-2H3,(H,21,26). The maximum absolute atomic E-state index is 12.7. The number of fused-ring (bicyclic) bond motifs is 1. The summed E-state index contributed by atoms with van der Waals surface area (Å²) in [5, 5.41) is 16.3. The van der Waals surface area contributed by atoms with Crippen LogP contribution < -0.4 is 5.32 Å². The lowest BCUT2D eigenvalue weighted by molar-refractivity contribution is 0.102. The summed E-state index contributed by atoms with van der Waals surface area (Å²) in [6.07, 6.45) is 2.49. The number of aliphatic hydroxyl groups is 1. The molecular weight excluding hydrogens is 346 g/mol. The van der Waals surface area contributed by atoms with E-state index < -0.39 is 6.10 Å². The number of amides is 1. The van der Waals surface area contributed by atoms with Crippen LogP contribution in [0, 0.1) is 6.92 Å². The Kier molecular flexibility index (Phi) is 4.17. The quantitative estimate of drug-likeness (QED) is 0.577. The number of imidazole rings is 1. The van der Waals surface area contributed by atoms with Gasteiger partial charge in [0.1, 0.15) is 17.4 Å². The minimum absolute atomic E-state index is 0.141. The van der Waals surface area contributed by atoms with Gasteiger partial charge in [-0.1, -0.05) is 23.4 Å². The maximum Gasteiger partial charge on any atom is 0.274 e. The van der Waals surface area contributed by atoms with E-state index in [2.05, 4.69) is 20.4 Å². The van der Waals surface area contributed by atoms with Crippen LogP contribution in [0.3, 0.4) is 0 Å². The van der Waals surface area contributed by atoms with Crippen molar-refractivity contribution in [2.75, 3.05) is 5.32 Å². The molecule has 0 saturated carbocycles. The minimum atomic E-state index is -0.842. The largest absolute Gasteiger partial charge is 0.384 e. The van der Waals surface area contributed by atoms with Gasteiger partial charge in [-0.05, 0) is 37.6 Å². The molecule has 0 aliphatic rings. The van der Waals surface area contributed by atoms with Gasteiger partial charge in [0.2, 0.25) is 5.82 Å². The molecule has 1 aromatic carbocycles. The van der Waals surface area contributed by atoms with Crippen molar-refractivity contribution in [3.8, 4) is 11.4 Å². The first kappa shape index (κ1) is 16.9. The Labute approximate surface area is 154 Å². The average Bonchev–Trinajstić information content (AvgIpc) is 3.30. The molecule has 4 rings (SSSR count). The van der Waals surface area contributed by atoms with Crippen LogP contribution in [0.2, 0.25) is 0 Å². The van der Waals surface area contributed by atoms with E-state index >= 15 is 0 Å². The lowest BCUT2D eigenvalue weighted by Gasteiger charge is -2.09. The van der Waals surface area contributed by atoms with Crippen LogP contribution in [0.5, 0.6) is 0 Å². The molecule has 0 spiro atoms. The molecule has 2 N–H and O–H groups in total. The van der Waals surface area contributed by atoms with Gasteiger partial charge in [0, 0.05) is 17.4 Å². The SMILES string of the molecule is Cc1ccc(-c2noc(C(C)O)n2)cc1NC(=O)c1cnc2ccccn12. The first-order valence-corrected chi connectivity index (χ1v) is 8.39. The van der Waals surface area contributed by atoms with Gasteiger partial charge in [0.15, 0.2) is 0 Å². The monoisotopic (exact) mass is 363 g/mol. The number of carbonyl (C=O) groups excluding carboxylic acids is 1. The fraction of sp³-hybridized carbons (Fsp3) is 0.158. The van der Waals surface area contributed by atoms with E-state index in [1.807, 2.05) is 37.3 Å². The highest BCUT2D eigenvalue weighted by Gasteiger charge is 2.16. The minimum Gasteiger partial charge on any atom is -0.384 e. The van der Waals surface area contributed by atoms with Crippen LogP contribution in [0.15, 0.2) is 53.3 Å². The normalized spacial score (nSPS) is 12.3. The first-order chi connectivity index (χ1) is 13.0. The van der Waals surface area contributed by atoms with Gasteiger partial charge in [-0.2, -0.15) is 4.98 Å².